The fraction of sp³-hybridized carbons (Fsp3) is 0.500. The molecule has 0 saturated heterocycles. The smallest absolute Gasteiger partial charge is 0.224 e. The molecular formula is C10H16N6O. The molecule has 7 nitrogen and oxygen atoms in total. The summed E-state index contributed by atoms with van der Waals surface area (Å²) in [6, 6.07) is 0. The van der Waals surface area contributed by atoms with Crippen LogP contribution < -0.4 is 11.1 Å². The Balaban J connectivity index is 2.37. The molecule has 2 aromatic rings. The Morgan fingerprint density at radius 3 is 2.94 bits per heavy atom. The predicted molar refractivity (Wildman–Crippen MR) is 65.7 cm³/mol. The van der Waals surface area contributed by atoms with Gasteiger partial charge in [-0.05, 0) is 13.8 Å². The third kappa shape index (κ3) is 2.44. The number of H-pyrrole nitrogens is 1. The van der Waals surface area contributed by atoms with Gasteiger partial charge in [0.1, 0.15) is 5.52 Å². The van der Waals surface area contributed by atoms with E-state index in [2.05, 4.69) is 25.3 Å². The molecular weight excluding hydrogens is 220 g/mol. The first-order valence-corrected chi connectivity index (χ1v) is 5.25. The minimum absolute atomic E-state index is 0.195. The number of nitrogens with two attached hydrogens (primary N) is 1. The molecule has 0 radical (unpaired) electrons. The number of methoxy groups -OCH3 is 1. The minimum atomic E-state index is -0.256. The summed E-state index contributed by atoms with van der Waals surface area (Å²) in [6.45, 7) is 4.57. The average Bonchev–Trinajstić information content (AvgIpc) is 2.64. The van der Waals surface area contributed by atoms with Crippen molar-refractivity contribution in [2.24, 2.45) is 0 Å². The molecule has 0 aliphatic rings. The van der Waals surface area contributed by atoms with E-state index >= 15 is 0 Å². The second-order valence-corrected chi connectivity index (χ2v) is 4.47. The van der Waals surface area contributed by atoms with Crippen molar-refractivity contribution in [2.75, 3.05) is 24.8 Å². The summed E-state index contributed by atoms with van der Waals surface area (Å²) in [4.78, 5) is 15.2. The maximum absolute atomic E-state index is 5.63. The van der Waals surface area contributed by atoms with E-state index in [1.165, 1.54) is 0 Å². The fourth-order valence-electron chi connectivity index (χ4n) is 1.66. The van der Waals surface area contributed by atoms with Gasteiger partial charge in [0.05, 0.1) is 18.5 Å². The van der Waals surface area contributed by atoms with Crippen molar-refractivity contribution in [3.8, 4) is 0 Å². The van der Waals surface area contributed by atoms with Crippen molar-refractivity contribution >= 4 is 22.9 Å². The highest BCUT2D eigenvalue weighted by Crippen LogP contribution is 2.21. The highest BCUT2D eigenvalue weighted by atomic mass is 16.5. The van der Waals surface area contributed by atoms with Crippen LogP contribution in [0.15, 0.2) is 6.33 Å². The van der Waals surface area contributed by atoms with Crippen LogP contribution in [-0.4, -0.2) is 39.2 Å². The number of fused-ring (bicyclic) bond motifs is 1. The topological polar surface area (TPSA) is 102 Å². The lowest BCUT2D eigenvalue weighted by Gasteiger charge is -2.26. The van der Waals surface area contributed by atoms with Crippen LogP contribution >= 0.6 is 0 Å². The van der Waals surface area contributed by atoms with Gasteiger partial charge in [-0.3, -0.25) is 0 Å². The van der Waals surface area contributed by atoms with Crippen LogP contribution in [-0.2, 0) is 4.74 Å². The third-order valence-corrected chi connectivity index (χ3v) is 2.26. The lowest BCUT2D eigenvalue weighted by Crippen LogP contribution is -2.36. The van der Waals surface area contributed by atoms with Crippen molar-refractivity contribution in [2.45, 2.75) is 19.4 Å². The Morgan fingerprint density at radius 2 is 2.24 bits per heavy atom. The zero-order chi connectivity index (χ0) is 12.5. The van der Waals surface area contributed by atoms with E-state index in [4.69, 9.17) is 10.5 Å². The van der Waals surface area contributed by atoms with Gasteiger partial charge < -0.3 is 20.8 Å². The van der Waals surface area contributed by atoms with E-state index in [0.717, 1.165) is 5.52 Å². The molecule has 17 heavy (non-hydrogen) atoms. The van der Waals surface area contributed by atoms with Crippen LogP contribution in [0.25, 0.3) is 11.2 Å². The molecule has 2 aromatic heterocycles. The first kappa shape index (κ1) is 11.6. The summed E-state index contributed by atoms with van der Waals surface area (Å²) >= 11 is 0. The number of ether oxygens (including phenoxy) is 1. The van der Waals surface area contributed by atoms with E-state index in [1.54, 1.807) is 13.4 Å². The SMILES string of the molecule is COCC(C)(C)Nc1nc(N)nc2nc[nH]c12. The highest BCUT2D eigenvalue weighted by Gasteiger charge is 2.20. The van der Waals surface area contributed by atoms with Crippen molar-refractivity contribution in [3.63, 3.8) is 0 Å². The number of nitrogens with one attached hydrogen (secondary N) is 2. The fourth-order valence-corrected chi connectivity index (χ4v) is 1.66. The molecule has 0 saturated carbocycles. The molecule has 0 bridgehead atoms. The van der Waals surface area contributed by atoms with Crippen LogP contribution in [0.1, 0.15) is 13.8 Å². The molecule has 2 rings (SSSR count). The number of anilines is 2. The molecule has 0 aliphatic carbocycles. The molecule has 0 fully saturated rings. The third-order valence-electron chi connectivity index (χ3n) is 2.26. The summed E-state index contributed by atoms with van der Waals surface area (Å²) < 4.78 is 5.14. The van der Waals surface area contributed by atoms with E-state index in [0.29, 0.717) is 18.1 Å². The molecule has 4 N–H and O–H groups in total. The van der Waals surface area contributed by atoms with Gasteiger partial charge >= 0.3 is 0 Å². The number of hydrogen-bond donors (Lipinski definition) is 3. The molecule has 0 spiro atoms. The zero-order valence-corrected chi connectivity index (χ0v) is 10.1. The second-order valence-electron chi connectivity index (χ2n) is 4.47. The monoisotopic (exact) mass is 236 g/mol. The number of nitrogens with zero attached hydrogens (tertiary/aromatic N) is 3. The molecule has 0 aromatic carbocycles. The maximum atomic E-state index is 5.63. The van der Waals surface area contributed by atoms with Gasteiger partial charge in [0.15, 0.2) is 11.5 Å². The summed E-state index contributed by atoms with van der Waals surface area (Å²) in [5, 5.41) is 3.26. The number of hydrogen-bond acceptors (Lipinski definition) is 6. The first-order chi connectivity index (χ1) is 8.02. The van der Waals surface area contributed by atoms with E-state index in [9.17, 15) is 0 Å². The van der Waals surface area contributed by atoms with Gasteiger partial charge in [0.25, 0.3) is 0 Å². The van der Waals surface area contributed by atoms with Gasteiger partial charge in [0.2, 0.25) is 5.95 Å². The van der Waals surface area contributed by atoms with E-state index in [1.807, 2.05) is 13.8 Å². The Morgan fingerprint density at radius 1 is 1.47 bits per heavy atom. The molecule has 0 aliphatic heterocycles. The van der Waals surface area contributed by atoms with Gasteiger partial charge in [-0.2, -0.15) is 9.97 Å². The molecule has 92 valence electrons. The molecule has 0 unspecified atom stereocenters. The average molecular weight is 236 g/mol. The minimum Gasteiger partial charge on any atom is -0.382 e. The van der Waals surface area contributed by atoms with Gasteiger partial charge in [0, 0.05) is 7.11 Å². The molecule has 2 heterocycles. The number of nitrogen functional groups attached to an aromatic ring is 1. The first-order valence-electron chi connectivity index (χ1n) is 5.25. The Kier molecular flexibility index (Phi) is 2.84. The Labute approximate surface area is 98.8 Å². The van der Waals surface area contributed by atoms with Crippen LogP contribution in [0.4, 0.5) is 11.8 Å². The van der Waals surface area contributed by atoms with Gasteiger partial charge in [-0.15, -0.1) is 0 Å². The lowest BCUT2D eigenvalue weighted by atomic mass is 10.1. The zero-order valence-electron chi connectivity index (χ0n) is 10.1. The Bertz CT molecular complexity index is 520. The molecule has 7 heteroatoms. The quantitative estimate of drug-likeness (QED) is 0.724. The van der Waals surface area contributed by atoms with Crippen molar-refractivity contribution in [1.29, 1.82) is 0 Å². The number of aromatic amines is 1. The summed E-state index contributed by atoms with van der Waals surface area (Å²) in [5.74, 6) is 0.826. The molecule has 0 amide bonds. The normalized spacial score (nSPS) is 11.9. The maximum Gasteiger partial charge on any atom is 0.224 e. The summed E-state index contributed by atoms with van der Waals surface area (Å²) in [7, 11) is 1.66. The van der Waals surface area contributed by atoms with E-state index in [-0.39, 0.29) is 11.5 Å². The number of aromatic nitrogens is 4. The van der Waals surface area contributed by atoms with Crippen LogP contribution in [0, 0.1) is 0 Å². The van der Waals surface area contributed by atoms with Crippen LogP contribution in [0.2, 0.25) is 0 Å². The van der Waals surface area contributed by atoms with Crippen molar-refractivity contribution in [1.82, 2.24) is 19.9 Å². The van der Waals surface area contributed by atoms with Crippen molar-refractivity contribution < 1.29 is 4.74 Å². The summed E-state index contributed by atoms with van der Waals surface area (Å²) in [6.07, 6.45) is 1.56. The number of rotatable bonds is 4. The largest absolute Gasteiger partial charge is 0.382 e. The standard InChI is InChI=1S/C10H16N6O/c1-10(2,4-17-3)16-8-6-7(13-5-12-6)14-9(11)15-8/h5H,4H2,1-3H3,(H4,11,12,13,14,15,16). The van der Waals surface area contributed by atoms with Crippen LogP contribution in [0.5, 0.6) is 0 Å². The highest BCUT2D eigenvalue weighted by molar-refractivity contribution is 5.83. The predicted octanol–water partition coefficient (Wildman–Crippen LogP) is 0.772. The van der Waals surface area contributed by atoms with Gasteiger partial charge in [-0.1, -0.05) is 0 Å². The molecule has 0 atom stereocenters. The van der Waals surface area contributed by atoms with Crippen molar-refractivity contribution in [3.05, 3.63) is 6.33 Å². The van der Waals surface area contributed by atoms with Gasteiger partial charge in [-0.25, -0.2) is 4.98 Å². The van der Waals surface area contributed by atoms with Crippen LogP contribution in [0.3, 0.4) is 0 Å². The lowest BCUT2D eigenvalue weighted by molar-refractivity contribution is 0.158. The van der Waals surface area contributed by atoms with E-state index < -0.39 is 0 Å². The second kappa shape index (κ2) is 4.17. The summed E-state index contributed by atoms with van der Waals surface area (Å²) in [5.41, 5.74) is 6.66. The number of imidazole rings is 1. The Hall–Kier alpha value is -1.89.